The lowest BCUT2D eigenvalue weighted by molar-refractivity contribution is 0.717. The van der Waals surface area contributed by atoms with Crippen LogP contribution in [0.15, 0.2) is 200 Å². The summed E-state index contributed by atoms with van der Waals surface area (Å²) >= 11 is 0. The molecule has 0 saturated carbocycles. The SMILES string of the molecule is CC1CC=CC=C1n1c2c(c3cc(-c4ccc5c6ccccc6n(-c6cccc(-c7nc(-c8cccc9ccccc89)cc(-c8cccc9ccccc89)n7)c6)c5c4)ccc31)CCC=C2. The molecule has 13 rings (SSSR count). The van der Waals surface area contributed by atoms with Crippen molar-refractivity contribution in [2.24, 2.45) is 5.92 Å². The van der Waals surface area contributed by atoms with Gasteiger partial charge in [-0.25, -0.2) is 9.97 Å². The highest BCUT2D eigenvalue weighted by Gasteiger charge is 2.24. The second-order valence-electron chi connectivity index (χ2n) is 17.7. The van der Waals surface area contributed by atoms with E-state index in [1.807, 2.05) is 0 Å². The Bertz CT molecular complexity index is 3730. The Morgan fingerprint density at radius 2 is 1.14 bits per heavy atom. The van der Waals surface area contributed by atoms with E-state index >= 15 is 0 Å². The minimum absolute atomic E-state index is 0.462. The second kappa shape index (κ2) is 15.0. The van der Waals surface area contributed by atoms with Crippen molar-refractivity contribution in [3.8, 4) is 50.7 Å². The number of nitrogens with zero attached hydrogens (tertiary/aromatic N) is 4. The molecule has 308 valence electrons. The molecule has 2 aliphatic carbocycles. The van der Waals surface area contributed by atoms with Gasteiger partial charge in [-0.05, 0) is 112 Å². The fraction of sp³-hybridized carbons (Fsp3) is 0.0820. The molecule has 3 heterocycles. The van der Waals surface area contributed by atoms with Gasteiger partial charge in [0.15, 0.2) is 5.82 Å². The highest BCUT2D eigenvalue weighted by molar-refractivity contribution is 6.10. The largest absolute Gasteiger partial charge is 0.313 e. The van der Waals surface area contributed by atoms with Crippen molar-refractivity contribution in [2.75, 3.05) is 0 Å². The van der Waals surface area contributed by atoms with Crippen molar-refractivity contribution in [1.82, 2.24) is 19.1 Å². The van der Waals surface area contributed by atoms with Gasteiger partial charge < -0.3 is 9.13 Å². The molecular formula is C61H44N4. The maximum atomic E-state index is 5.39. The van der Waals surface area contributed by atoms with Gasteiger partial charge in [0.1, 0.15) is 0 Å². The van der Waals surface area contributed by atoms with Gasteiger partial charge in [-0.3, -0.25) is 0 Å². The van der Waals surface area contributed by atoms with E-state index in [2.05, 4.69) is 222 Å². The van der Waals surface area contributed by atoms with Crippen LogP contribution in [0.3, 0.4) is 0 Å². The number of hydrogen-bond acceptors (Lipinski definition) is 2. The third-order valence-electron chi connectivity index (χ3n) is 13.8. The average Bonchev–Trinajstić information content (AvgIpc) is 3.88. The fourth-order valence-electron chi connectivity index (χ4n) is 10.7. The fourth-order valence-corrected chi connectivity index (χ4v) is 10.7. The molecule has 1 atom stereocenters. The normalized spacial score (nSPS) is 14.8. The molecule has 0 radical (unpaired) electrons. The molecule has 8 aromatic carbocycles. The number of benzene rings is 8. The molecular weight excluding hydrogens is 789 g/mol. The van der Waals surface area contributed by atoms with Gasteiger partial charge in [0.25, 0.3) is 0 Å². The molecule has 1 unspecified atom stereocenters. The summed E-state index contributed by atoms with van der Waals surface area (Å²) in [7, 11) is 0. The van der Waals surface area contributed by atoms with E-state index in [-0.39, 0.29) is 0 Å². The maximum absolute atomic E-state index is 5.39. The number of hydrogen-bond donors (Lipinski definition) is 0. The van der Waals surface area contributed by atoms with Crippen LogP contribution in [0.25, 0.3) is 117 Å². The van der Waals surface area contributed by atoms with Crippen LogP contribution in [0, 0.1) is 5.92 Å². The topological polar surface area (TPSA) is 35.6 Å². The Morgan fingerprint density at radius 3 is 1.91 bits per heavy atom. The van der Waals surface area contributed by atoms with Crippen LogP contribution < -0.4 is 0 Å². The molecule has 0 spiro atoms. The predicted octanol–water partition coefficient (Wildman–Crippen LogP) is 15.9. The third-order valence-corrected chi connectivity index (χ3v) is 13.8. The summed E-state index contributed by atoms with van der Waals surface area (Å²) in [5.41, 5.74) is 16.2. The van der Waals surface area contributed by atoms with E-state index in [1.165, 1.54) is 76.8 Å². The maximum Gasteiger partial charge on any atom is 0.160 e. The van der Waals surface area contributed by atoms with Gasteiger partial charge in [-0.2, -0.15) is 0 Å². The summed E-state index contributed by atoms with van der Waals surface area (Å²) in [5.74, 6) is 1.15. The smallest absolute Gasteiger partial charge is 0.160 e. The van der Waals surface area contributed by atoms with Crippen molar-refractivity contribution in [1.29, 1.82) is 0 Å². The zero-order valence-corrected chi connectivity index (χ0v) is 36.1. The van der Waals surface area contributed by atoms with Crippen LogP contribution in [-0.4, -0.2) is 19.1 Å². The molecule has 0 bridgehead atoms. The second-order valence-corrected chi connectivity index (χ2v) is 17.7. The van der Waals surface area contributed by atoms with Crippen LogP contribution in [0.4, 0.5) is 0 Å². The number of para-hydroxylation sites is 1. The van der Waals surface area contributed by atoms with E-state index < -0.39 is 0 Å². The summed E-state index contributed by atoms with van der Waals surface area (Å²) in [6.07, 6.45) is 14.7. The number of allylic oxidation sites excluding steroid dienone is 5. The molecule has 0 fully saturated rings. The van der Waals surface area contributed by atoms with E-state index in [0.717, 1.165) is 58.5 Å². The molecule has 4 nitrogen and oxygen atoms in total. The van der Waals surface area contributed by atoms with Crippen molar-refractivity contribution < 1.29 is 0 Å². The highest BCUT2D eigenvalue weighted by Crippen LogP contribution is 2.41. The first-order valence-corrected chi connectivity index (χ1v) is 22.9. The van der Waals surface area contributed by atoms with Gasteiger partial charge in [0.05, 0.1) is 27.9 Å². The summed E-state index contributed by atoms with van der Waals surface area (Å²) in [5, 5.41) is 8.51. The molecule has 0 N–H and O–H groups in total. The summed E-state index contributed by atoms with van der Waals surface area (Å²) in [6, 6.07) is 63.9. The number of rotatable bonds is 6. The summed E-state index contributed by atoms with van der Waals surface area (Å²) < 4.78 is 4.95. The number of aromatic nitrogens is 4. The highest BCUT2D eigenvalue weighted by atomic mass is 15.0. The van der Waals surface area contributed by atoms with Crippen molar-refractivity contribution in [2.45, 2.75) is 26.2 Å². The van der Waals surface area contributed by atoms with E-state index in [1.54, 1.807) is 0 Å². The summed E-state index contributed by atoms with van der Waals surface area (Å²) in [4.78, 5) is 10.8. The quantitative estimate of drug-likeness (QED) is 0.167. The first kappa shape index (κ1) is 37.5. The molecule has 11 aromatic rings. The van der Waals surface area contributed by atoms with Crippen molar-refractivity contribution in [3.05, 3.63) is 211 Å². The first-order valence-electron chi connectivity index (χ1n) is 22.9. The standard InChI is InChI=1S/C61H44N4/c1-39-15-2-9-28-56(39)65-58-30-11-8-25-51(58)53-36-42(32-34-59(53)65)43-31-33-52-50-24-7-10-29-57(50)64(60(52)37-43)45-21-12-20-44(35-45)61-62-54(48-26-13-18-40-16-3-5-22-46(40)48)38-55(63-61)49-27-14-19-41-17-4-6-23-47(41)49/h2-7,9-14,16-24,26-39H,8,15,25H2,1H3. The van der Waals surface area contributed by atoms with Crippen LogP contribution in [0.1, 0.15) is 31.0 Å². The minimum Gasteiger partial charge on any atom is -0.313 e. The lowest BCUT2D eigenvalue weighted by Gasteiger charge is -2.22. The first-order chi connectivity index (χ1) is 32.1. The van der Waals surface area contributed by atoms with E-state index in [4.69, 9.17) is 9.97 Å². The monoisotopic (exact) mass is 832 g/mol. The van der Waals surface area contributed by atoms with Gasteiger partial charge in [0, 0.05) is 55.8 Å². The minimum atomic E-state index is 0.462. The average molecular weight is 833 g/mol. The molecule has 0 amide bonds. The molecule has 0 aliphatic heterocycles. The molecule has 2 aliphatic rings. The Balaban J connectivity index is 0.978. The Hall–Kier alpha value is -8.08. The van der Waals surface area contributed by atoms with Crippen molar-refractivity contribution in [3.63, 3.8) is 0 Å². The van der Waals surface area contributed by atoms with Gasteiger partial charge >= 0.3 is 0 Å². The Morgan fingerprint density at radius 1 is 0.492 bits per heavy atom. The lowest BCUT2D eigenvalue weighted by atomic mass is 9.97. The summed E-state index contributed by atoms with van der Waals surface area (Å²) in [6.45, 7) is 2.35. The van der Waals surface area contributed by atoms with Crippen LogP contribution >= 0.6 is 0 Å². The zero-order chi connectivity index (χ0) is 43.0. The third kappa shape index (κ3) is 6.13. The van der Waals surface area contributed by atoms with Crippen molar-refractivity contribution >= 4 is 66.0 Å². The lowest BCUT2D eigenvalue weighted by Crippen LogP contribution is -2.10. The molecule has 65 heavy (non-hydrogen) atoms. The van der Waals surface area contributed by atoms with Crippen LogP contribution in [0.2, 0.25) is 0 Å². The molecule has 3 aromatic heterocycles. The Labute approximate surface area is 377 Å². The van der Waals surface area contributed by atoms with E-state index in [9.17, 15) is 0 Å². The van der Waals surface area contributed by atoms with Gasteiger partial charge in [0.2, 0.25) is 0 Å². The van der Waals surface area contributed by atoms with Gasteiger partial charge in [-0.15, -0.1) is 0 Å². The van der Waals surface area contributed by atoms with Crippen LogP contribution in [-0.2, 0) is 6.42 Å². The number of fused-ring (bicyclic) bond motifs is 8. The van der Waals surface area contributed by atoms with Gasteiger partial charge in [-0.1, -0.05) is 159 Å². The Kier molecular flexibility index (Phi) is 8.67. The number of aryl methyl sites for hydroxylation is 1. The van der Waals surface area contributed by atoms with Crippen LogP contribution in [0.5, 0.6) is 0 Å². The van der Waals surface area contributed by atoms with E-state index in [0.29, 0.717) is 11.7 Å². The predicted molar refractivity (Wildman–Crippen MR) is 273 cm³/mol. The molecule has 0 saturated heterocycles. The zero-order valence-electron chi connectivity index (χ0n) is 36.1. The molecule has 4 heteroatoms.